The second-order valence-electron chi connectivity index (χ2n) is 4.27. The standard InChI is InChI=1S/C12H19N3/c1-3-10-11(12(13)15-14-10)9-6-4-8(2)5-7-9/h4-7,10-12,14-15H,3,13H2,1-2H3. The van der Waals surface area contributed by atoms with E-state index in [1.54, 1.807) is 0 Å². The smallest absolute Gasteiger partial charge is 0.0764 e. The molecule has 1 saturated heterocycles. The van der Waals surface area contributed by atoms with Gasteiger partial charge in [-0.05, 0) is 18.9 Å². The Morgan fingerprint density at radius 1 is 1.20 bits per heavy atom. The number of benzene rings is 1. The van der Waals surface area contributed by atoms with E-state index in [-0.39, 0.29) is 6.17 Å². The van der Waals surface area contributed by atoms with Gasteiger partial charge in [0, 0.05) is 12.0 Å². The fraction of sp³-hybridized carbons (Fsp3) is 0.500. The van der Waals surface area contributed by atoms with Crippen molar-refractivity contribution in [3.8, 4) is 0 Å². The summed E-state index contributed by atoms with van der Waals surface area (Å²) in [6.07, 6.45) is 1.09. The molecule has 2 rings (SSSR count). The van der Waals surface area contributed by atoms with Gasteiger partial charge in [-0.15, -0.1) is 0 Å². The average molecular weight is 205 g/mol. The number of rotatable bonds is 2. The predicted molar refractivity (Wildman–Crippen MR) is 62.2 cm³/mol. The number of hydrogen-bond donors (Lipinski definition) is 3. The van der Waals surface area contributed by atoms with Crippen molar-refractivity contribution < 1.29 is 0 Å². The highest BCUT2D eigenvalue weighted by molar-refractivity contribution is 5.27. The Labute approximate surface area is 91.0 Å². The third-order valence-electron chi connectivity index (χ3n) is 3.16. The minimum atomic E-state index is 0.0117. The number of hydrogen-bond acceptors (Lipinski definition) is 3. The third-order valence-corrected chi connectivity index (χ3v) is 3.16. The van der Waals surface area contributed by atoms with Gasteiger partial charge in [-0.25, -0.2) is 5.43 Å². The summed E-state index contributed by atoms with van der Waals surface area (Å²) in [6.45, 7) is 4.28. The van der Waals surface area contributed by atoms with Crippen LogP contribution in [0.1, 0.15) is 30.4 Å². The molecular formula is C12H19N3. The summed E-state index contributed by atoms with van der Waals surface area (Å²) in [6, 6.07) is 9.08. The second kappa shape index (κ2) is 4.31. The Kier molecular flexibility index (Phi) is 3.05. The summed E-state index contributed by atoms with van der Waals surface area (Å²) in [7, 11) is 0. The molecule has 3 unspecified atom stereocenters. The lowest BCUT2D eigenvalue weighted by atomic mass is 9.89. The van der Waals surface area contributed by atoms with E-state index in [1.807, 2.05) is 0 Å². The highest BCUT2D eigenvalue weighted by atomic mass is 15.4. The van der Waals surface area contributed by atoms with Gasteiger partial charge in [0.1, 0.15) is 0 Å². The van der Waals surface area contributed by atoms with Crippen LogP contribution in [0.5, 0.6) is 0 Å². The molecule has 1 heterocycles. The van der Waals surface area contributed by atoms with Gasteiger partial charge >= 0.3 is 0 Å². The molecule has 1 aliphatic rings. The predicted octanol–water partition coefficient (Wildman–Crippen LogP) is 1.25. The average Bonchev–Trinajstić information content (AvgIpc) is 2.61. The van der Waals surface area contributed by atoms with Crippen molar-refractivity contribution in [1.29, 1.82) is 0 Å². The van der Waals surface area contributed by atoms with E-state index >= 15 is 0 Å². The van der Waals surface area contributed by atoms with Gasteiger partial charge in [0.15, 0.2) is 0 Å². The SMILES string of the molecule is CCC1NNC(N)C1c1ccc(C)cc1. The first-order valence-corrected chi connectivity index (χ1v) is 5.55. The molecule has 4 N–H and O–H groups in total. The van der Waals surface area contributed by atoms with Crippen LogP contribution in [0.3, 0.4) is 0 Å². The maximum absolute atomic E-state index is 6.04. The summed E-state index contributed by atoms with van der Waals surface area (Å²) in [5.41, 5.74) is 15.0. The molecule has 1 fully saturated rings. The summed E-state index contributed by atoms with van der Waals surface area (Å²) in [5.74, 6) is 0.371. The van der Waals surface area contributed by atoms with Crippen molar-refractivity contribution in [2.45, 2.75) is 38.4 Å². The Hall–Kier alpha value is -0.900. The Bertz CT molecular complexity index is 320. The molecule has 0 aromatic heterocycles. The molecule has 1 aromatic rings. The molecule has 1 aromatic carbocycles. The normalized spacial score (nSPS) is 30.7. The maximum atomic E-state index is 6.04. The molecule has 3 nitrogen and oxygen atoms in total. The molecule has 82 valence electrons. The van der Waals surface area contributed by atoms with Crippen LogP contribution in [0.4, 0.5) is 0 Å². The number of aryl methyl sites for hydroxylation is 1. The van der Waals surface area contributed by atoms with E-state index in [4.69, 9.17) is 5.73 Å². The van der Waals surface area contributed by atoms with Crippen LogP contribution in [0.25, 0.3) is 0 Å². The lowest BCUT2D eigenvalue weighted by Crippen LogP contribution is -2.38. The van der Waals surface area contributed by atoms with E-state index < -0.39 is 0 Å². The first-order valence-electron chi connectivity index (χ1n) is 5.55. The zero-order chi connectivity index (χ0) is 10.8. The quantitative estimate of drug-likeness (QED) is 0.681. The van der Waals surface area contributed by atoms with Gasteiger partial charge in [0.2, 0.25) is 0 Å². The summed E-state index contributed by atoms with van der Waals surface area (Å²) in [4.78, 5) is 0. The van der Waals surface area contributed by atoms with Gasteiger partial charge in [-0.3, -0.25) is 5.43 Å². The van der Waals surface area contributed by atoms with Gasteiger partial charge in [0.05, 0.1) is 6.17 Å². The molecule has 0 bridgehead atoms. The van der Waals surface area contributed by atoms with Crippen LogP contribution in [0.15, 0.2) is 24.3 Å². The van der Waals surface area contributed by atoms with Gasteiger partial charge in [-0.1, -0.05) is 36.8 Å². The molecule has 0 amide bonds. The van der Waals surface area contributed by atoms with Crippen molar-refractivity contribution in [2.24, 2.45) is 5.73 Å². The molecule has 0 radical (unpaired) electrons. The molecule has 3 atom stereocenters. The Morgan fingerprint density at radius 3 is 2.47 bits per heavy atom. The van der Waals surface area contributed by atoms with Crippen molar-refractivity contribution in [3.63, 3.8) is 0 Å². The van der Waals surface area contributed by atoms with Crippen LogP contribution >= 0.6 is 0 Å². The van der Waals surface area contributed by atoms with Crippen molar-refractivity contribution >= 4 is 0 Å². The monoisotopic (exact) mass is 205 g/mol. The molecule has 15 heavy (non-hydrogen) atoms. The third kappa shape index (κ3) is 2.04. The Balaban J connectivity index is 2.24. The summed E-state index contributed by atoms with van der Waals surface area (Å²) in [5, 5.41) is 0. The van der Waals surface area contributed by atoms with Gasteiger partial charge < -0.3 is 5.73 Å². The largest absolute Gasteiger partial charge is 0.314 e. The lowest BCUT2D eigenvalue weighted by molar-refractivity contribution is 0.511. The van der Waals surface area contributed by atoms with E-state index in [9.17, 15) is 0 Å². The van der Waals surface area contributed by atoms with E-state index in [0.717, 1.165) is 6.42 Å². The number of hydrazine groups is 1. The zero-order valence-corrected chi connectivity index (χ0v) is 9.33. The first kappa shape index (κ1) is 10.6. The molecular weight excluding hydrogens is 186 g/mol. The van der Waals surface area contributed by atoms with Crippen LogP contribution in [0, 0.1) is 6.92 Å². The minimum absolute atomic E-state index is 0.0117. The van der Waals surface area contributed by atoms with Crippen molar-refractivity contribution in [1.82, 2.24) is 10.9 Å². The fourth-order valence-electron chi connectivity index (χ4n) is 2.22. The Morgan fingerprint density at radius 2 is 1.87 bits per heavy atom. The van der Waals surface area contributed by atoms with Crippen LogP contribution < -0.4 is 16.6 Å². The molecule has 3 heteroatoms. The molecule has 0 spiro atoms. The molecule has 0 saturated carbocycles. The highest BCUT2D eigenvalue weighted by Gasteiger charge is 2.33. The van der Waals surface area contributed by atoms with Gasteiger partial charge in [0.25, 0.3) is 0 Å². The minimum Gasteiger partial charge on any atom is -0.314 e. The number of nitrogens with one attached hydrogen (secondary N) is 2. The number of nitrogens with two attached hydrogens (primary N) is 1. The molecule has 0 aliphatic carbocycles. The lowest BCUT2D eigenvalue weighted by Gasteiger charge is -2.20. The van der Waals surface area contributed by atoms with Crippen molar-refractivity contribution in [2.75, 3.05) is 0 Å². The fourth-order valence-corrected chi connectivity index (χ4v) is 2.22. The zero-order valence-electron chi connectivity index (χ0n) is 9.33. The topological polar surface area (TPSA) is 50.1 Å². The van der Waals surface area contributed by atoms with E-state index in [2.05, 4.69) is 49.0 Å². The van der Waals surface area contributed by atoms with Crippen LogP contribution in [-0.4, -0.2) is 12.2 Å². The summed E-state index contributed by atoms with van der Waals surface area (Å²) < 4.78 is 0. The first-order chi connectivity index (χ1) is 7.22. The molecule has 1 aliphatic heterocycles. The van der Waals surface area contributed by atoms with E-state index in [0.29, 0.717) is 12.0 Å². The second-order valence-corrected chi connectivity index (χ2v) is 4.27. The summed E-state index contributed by atoms with van der Waals surface area (Å²) >= 11 is 0. The maximum Gasteiger partial charge on any atom is 0.0764 e. The van der Waals surface area contributed by atoms with Gasteiger partial charge in [-0.2, -0.15) is 0 Å². The highest BCUT2D eigenvalue weighted by Crippen LogP contribution is 2.26. The van der Waals surface area contributed by atoms with E-state index in [1.165, 1.54) is 11.1 Å². The van der Waals surface area contributed by atoms with Crippen LogP contribution in [-0.2, 0) is 0 Å². The van der Waals surface area contributed by atoms with Crippen LogP contribution in [0.2, 0.25) is 0 Å². The van der Waals surface area contributed by atoms with Crippen molar-refractivity contribution in [3.05, 3.63) is 35.4 Å².